The van der Waals surface area contributed by atoms with Crippen LogP contribution in [0.25, 0.3) is 16.9 Å². The minimum absolute atomic E-state index is 0.0795. The van der Waals surface area contributed by atoms with Crippen molar-refractivity contribution in [3.05, 3.63) is 119 Å². The molecule has 3 aromatic carbocycles. The predicted molar refractivity (Wildman–Crippen MR) is 123 cm³/mol. The number of aromatic nitrogens is 3. The molecule has 0 atom stereocenters. The molecule has 1 N–H and O–H groups in total. The molecule has 0 fully saturated rings. The van der Waals surface area contributed by atoms with Crippen LogP contribution in [0.15, 0.2) is 85.1 Å². The Hall–Kier alpha value is -3.99. The zero-order valence-corrected chi connectivity index (χ0v) is 17.7. The number of nitrogens with zero attached hydrogens (tertiary/aromatic N) is 3. The Bertz CT molecular complexity index is 1410. The van der Waals surface area contributed by atoms with Crippen molar-refractivity contribution < 1.29 is 9.50 Å². The number of benzene rings is 3. The molecule has 0 spiro atoms. The highest BCUT2D eigenvalue weighted by Gasteiger charge is 2.18. The van der Waals surface area contributed by atoms with Crippen molar-refractivity contribution >= 4 is 5.65 Å². The normalized spacial score (nSPS) is 11.2. The quantitative estimate of drug-likeness (QED) is 0.393. The van der Waals surface area contributed by atoms with E-state index in [0.29, 0.717) is 34.7 Å². The Kier molecular flexibility index (Phi) is 5.15. The van der Waals surface area contributed by atoms with Gasteiger partial charge in [-0.15, -0.1) is 0 Å². The van der Waals surface area contributed by atoms with Crippen LogP contribution in [-0.4, -0.2) is 19.5 Å². The molecule has 0 saturated carbocycles. The first-order valence-corrected chi connectivity index (χ1v) is 10.5. The van der Waals surface area contributed by atoms with Gasteiger partial charge in [-0.2, -0.15) is 0 Å². The van der Waals surface area contributed by atoms with Gasteiger partial charge in [-0.1, -0.05) is 78.4 Å². The van der Waals surface area contributed by atoms with Crippen molar-refractivity contribution in [2.24, 2.45) is 0 Å². The minimum Gasteiger partial charge on any atom is -0.493 e. The Balaban J connectivity index is 1.66. The van der Waals surface area contributed by atoms with E-state index >= 15 is 0 Å². The van der Waals surface area contributed by atoms with Crippen LogP contribution in [-0.2, 0) is 12.8 Å². The van der Waals surface area contributed by atoms with E-state index in [1.54, 1.807) is 22.7 Å². The number of hydrogen-bond donors (Lipinski definition) is 1. The van der Waals surface area contributed by atoms with Gasteiger partial charge in [0.2, 0.25) is 5.88 Å². The Labute approximate surface area is 185 Å². The van der Waals surface area contributed by atoms with Gasteiger partial charge in [0.1, 0.15) is 11.5 Å². The Morgan fingerprint density at radius 3 is 2.41 bits per heavy atom. The van der Waals surface area contributed by atoms with E-state index in [9.17, 15) is 9.50 Å². The van der Waals surface area contributed by atoms with E-state index in [1.165, 1.54) is 6.07 Å². The molecule has 0 aliphatic rings. The maximum atomic E-state index is 14.4. The van der Waals surface area contributed by atoms with E-state index in [0.717, 1.165) is 16.7 Å². The van der Waals surface area contributed by atoms with Crippen molar-refractivity contribution in [1.29, 1.82) is 0 Å². The van der Waals surface area contributed by atoms with E-state index in [4.69, 9.17) is 9.97 Å². The Morgan fingerprint density at radius 1 is 0.844 bits per heavy atom. The Morgan fingerprint density at radius 2 is 1.62 bits per heavy atom. The van der Waals surface area contributed by atoms with Gasteiger partial charge in [0.05, 0.1) is 11.4 Å². The summed E-state index contributed by atoms with van der Waals surface area (Å²) in [5.74, 6) is -0.204. The van der Waals surface area contributed by atoms with Gasteiger partial charge < -0.3 is 5.11 Å². The highest BCUT2D eigenvalue weighted by molar-refractivity contribution is 5.63. The first kappa shape index (κ1) is 19.9. The van der Waals surface area contributed by atoms with Crippen LogP contribution in [0.2, 0.25) is 0 Å². The number of fused-ring (bicyclic) bond motifs is 1. The zero-order chi connectivity index (χ0) is 22.1. The van der Waals surface area contributed by atoms with Gasteiger partial charge in [0.15, 0.2) is 5.65 Å². The SMILES string of the molecule is Cc1cccc(Cc2nc3c(Cc4ccccc4F)nc(-c4ccccc4)cn3c2O)c1. The van der Waals surface area contributed by atoms with E-state index < -0.39 is 0 Å². The van der Waals surface area contributed by atoms with Gasteiger partial charge >= 0.3 is 0 Å². The van der Waals surface area contributed by atoms with E-state index in [1.807, 2.05) is 61.5 Å². The number of halogens is 1. The molecule has 158 valence electrons. The van der Waals surface area contributed by atoms with Crippen molar-refractivity contribution in [1.82, 2.24) is 14.4 Å². The van der Waals surface area contributed by atoms with Crippen LogP contribution >= 0.6 is 0 Å². The van der Waals surface area contributed by atoms with Gasteiger partial charge in [0, 0.05) is 24.6 Å². The molecule has 2 aromatic heterocycles. The predicted octanol–water partition coefficient (Wildman–Crippen LogP) is 5.73. The molecule has 5 heteroatoms. The summed E-state index contributed by atoms with van der Waals surface area (Å²) in [5.41, 5.74) is 6.08. The second kappa shape index (κ2) is 8.27. The first-order valence-electron chi connectivity index (χ1n) is 10.5. The summed E-state index contributed by atoms with van der Waals surface area (Å²) in [7, 11) is 0. The molecule has 5 rings (SSSR count). The van der Waals surface area contributed by atoms with Crippen LogP contribution in [0, 0.1) is 12.7 Å². The molecule has 2 heterocycles. The maximum absolute atomic E-state index is 14.4. The van der Waals surface area contributed by atoms with E-state index in [2.05, 4.69) is 6.07 Å². The molecule has 32 heavy (non-hydrogen) atoms. The summed E-state index contributed by atoms with van der Waals surface area (Å²) in [6.07, 6.45) is 2.56. The number of hydrogen-bond acceptors (Lipinski definition) is 3. The second-order valence-electron chi connectivity index (χ2n) is 7.95. The molecular formula is C27H22FN3O. The van der Waals surface area contributed by atoms with Crippen LogP contribution in [0.1, 0.15) is 28.1 Å². The molecule has 0 bridgehead atoms. The highest BCUT2D eigenvalue weighted by atomic mass is 19.1. The summed E-state index contributed by atoms with van der Waals surface area (Å²) >= 11 is 0. The number of imidazole rings is 1. The molecule has 4 nitrogen and oxygen atoms in total. The van der Waals surface area contributed by atoms with Crippen molar-refractivity contribution in [2.45, 2.75) is 19.8 Å². The summed E-state index contributed by atoms with van der Waals surface area (Å²) in [5, 5.41) is 11.0. The van der Waals surface area contributed by atoms with E-state index in [-0.39, 0.29) is 18.1 Å². The lowest BCUT2D eigenvalue weighted by Crippen LogP contribution is -2.02. The first-order chi connectivity index (χ1) is 15.6. The average Bonchev–Trinajstić information content (AvgIpc) is 3.11. The van der Waals surface area contributed by atoms with Gasteiger partial charge in [-0.3, -0.25) is 4.40 Å². The number of rotatable bonds is 5. The molecule has 5 aromatic rings. The standard InChI is InChI=1S/C27H22FN3O/c1-18-8-7-9-19(14-18)15-24-27(32)31-17-25(20-10-3-2-4-11-20)29-23(26(31)30-24)16-21-12-5-6-13-22(21)28/h2-14,17,32H,15-16H2,1H3. The fourth-order valence-electron chi connectivity index (χ4n) is 3.97. The summed E-state index contributed by atoms with van der Waals surface area (Å²) in [6.45, 7) is 2.04. The second-order valence-corrected chi connectivity index (χ2v) is 7.95. The lowest BCUT2D eigenvalue weighted by atomic mass is 10.1. The third kappa shape index (κ3) is 3.85. The molecule has 0 aliphatic carbocycles. The van der Waals surface area contributed by atoms with Crippen LogP contribution in [0.3, 0.4) is 0 Å². The van der Waals surface area contributed by atoms with Crippen LogP contribution in [0.5, 0.6) is 5.88 Å². The van der Waals surface area contributed by atoms with Gasteiger partial charge in [-0.25, -0.2) is 14.4 Å². The monoisotopic (exact) mass is 423 g/mol. The summed E-state index contributed by atoms with van der Waals surface area (Å²) in [4.78, 5) is 9.55. The van der Waals surface area contributed by atoms with Crippen LogP contribution in [0.4, 0.5) is 4.39 Å². The highest BCUT2D eigenvalue weighted by Crippen LogP contribution is 2.28. The minimum atomic E-state index is -0.284. The zero-order valence-electron chi connectivity index (χ0n) is 17.7. The summed E-state index contributed by atoms with van der Waals surface area (Å²) < 4.78 is 16.1. The third-order valence-corrected chi connectivity index (χ3v) is 5.56. The smallest absolute Gasteiger partial charge is 0.219 e. The average molecular weight is 423 g/mol. The number of aromatic hydroxyl groups is 1. The lowest BCUT2D eigenvalue weighted by molar-refractivity contribution is 0.442. The fraction of sp³-hybridized carbons (Fsp3) is 0.111. The number of aryl methyl sites for hydroxylation is 1. The summed E-state index contributed by atoms with van der Waals surface area (Å²) in [6, 6.07) is 24.5. The van der Waals surface area contributed by atoms with Gasteiger partial charge in [-0.05, 0) is 24.1 Å². The van der Waals surface area contributed by atoms with Crippen molar-refractivity contribution in [3.8, 4) is 17.1 Å². The molecule has 0 unspecified atom stereocenters. The molecule has 0 saturated heterocycles. The fourth-order valence-corrected chi connectivity index (χ4v) is 3.97. The molecule has 0 amide bonds. The molecule has 0 aliphatic heterocycles. The van der Waals surface area contributed by atoms with Crippen molar-refractivity contribution in [2.75, 3.05) is 0 Å². The van der Waals surface area contributed by atoms with Crippen molar-refractivity contribution in [3.63, 3.8) is 0 Å². The molecular weight excluding hydrogens is 401 g/mol. The lowest BCUT2D eigenvalue weighted by Gasteiger charge is -2.09. The van der Waals surface area contributed by atoms with Crippen LogP contribution < -0.4 is 0 Å². The topological polar surface area (TPSA) is 50.4 Å². The third-order valence-electron chi connectivity index (χ3n) is 5.56. The molecule has 0 radical (unpaired) electrons. The maximum Gasteiger partial charge on any atom is 0.219 e. The largest absolute Gasteiger partial charge is 0.493 e. The van der Waals surface area contributed by atoms with Gasteiger partial charge in [0.25, 0.3) is 0 Å².